The summed E-state index contributed by atoms with van der Waals surface area (Å²) in [6.07, 6.45) is 3.07. The number of carbonyl (C=O) groups excluding carboxylic acids is 1. The van der Waals surface area contributed by atoms with Gasteiger partial charge in [-0.2, -0.15) is 4.98 Å². The third kappa shape index (κ3) is 3.41. The van der Waals surface area contributed by atoms with Crippen LogP contribution >= 0.6 is 0 Å². The summed E-state index contributed by atoms with van der Waals surface area (Å²) in [6.45, 7) is 0.921. The number of aliphatic hydroxyl groups is 1. The van der Waals surface area contributed by atoms with E-state index >= 15 is 0 Å². The van der Waals surface area contributed by atoms with E-state index in [-0.39, 0.29) is 24.5 Å². The van der Waals surface area contributed by atoms with Crippen molar-refractivity contribution >= 4 is 5.91 Å². The van der Waals surface area contributed by atoms with Gasteiger partial charge in [0.1, 0.15) is 0 Å². The molecule has 0 bridgehead atoms. The smallest absolute Gasteiger partial charge is 0.280 e. The van der Waals surface area contributed by atoms with E-state index in [1.807, 2.05) is 42.5 Å². The second-order valence-electron chi connectivity index (χ2n) is 8.51. The lowest BCUT2D eigenvalue weighted by atomic mass is 10.0. The highest BCUT2D eigenvalue weighted by Gasteiger charge is 2.46. The minimum Gasteiger partial charge on any atom is -0.395 e. The molecule has 9 nitrogen and oxygen atoms in total. The molecule has 2 aliphatic rings. The number of amides is 1. The van der Waals surface area contributed by atoms with E-state index in [4.69, 9.17) is 4.52 Å². The van der Waals surface area contributed by atoms with Crippen LogP contribution in [0.3, 0.4) is 0 Å². The molecule has 4 aromatic rings. The predicted octanol–water partition coefficient (Wildman–Crippen LogP) is 2.48. The Bertz CT molecular complexity index is 1310. The number of nitrogens with zero attached hydrogens (tertiary/aromatic N) is 6. The van der Waals surface area contributed by atoms with Gasteiger partial charge < -0.3 is 14.5 Å². The van der Waals surface area contributed by atoms with E-state index in [1.54, 1.807) is 15.8 Å². The molecular formula is C24H22N6O3. The van der Waals surface area contributed by atoms with Gasteiger partial charge in [-0.05, 0) is 29.0 Å². The lowest BCUT2D eigenvalue weighted by Gasteiger charge is -2.24. The highest BCUT2D eigenvalue weighted by molar-refractivity contribution is 5.81. The van der Waals surface area contributed by atoms with E-state index < -0.39 is 0 Å². The molecule has 33 heavy (non-hydrogen) atoms. The van der Waals surface area contributed by atoms with Crippen molar-refractivity contribution in [2.24, 2.45) is 5.92 Å². The Morgan fingerprint density at radius 3 is 2.82 bits per heavy atom. The average Bonchev–Trinajstić information content (AvgIpc) is 3.60. The molecule has 2 unspecified atom stereocenters. The average molecular weight is 442 g/mol. The molecule has 0 saturated carbocycles. The fourth-order valence-corrected chi connectivity index (χ4v) is 5.10. The highest BCUT2D eigenvalue weighted by Crippen LogP contribution is 2.49. The summed E-state index contributed by atoms with van der Waals surface area (Å²) in [6, 6.07) is 16.0. The van der Waals surface area contributed by atoms with Gasteiger partial charge in [0.15, 0.2) is 5.69 Å². The summed E-state index contributed by atoms with van der Waals surface area (Å²) < 4.78 is 7.26. The number of aromatic nitrogens is 5. The van der Waals surface area contributed by atoms with Crippen LogP contribution in [-0.4, -0.2) is 54.2 Å². The maximum atomic E-state index is 12.4. The summed E-state index contributed by atoms with van der Waals surface area (Å²) >= 11 is 0. The van der Waals surface area contributed by atoms with Crippen LogP contribution < -0.4 is 0 Å². The molecule has 2 aromatic heterocycles. The summed E-state index contributed by atoms with van der Waals surface area (Å²) in [5.41, 5.74) is 4.80. The topological polar surface area (TPSA) is 110 Å². The lowest BCUT2D eigenvalue weighted by Crippen LogP contribution is -2.30. The molecule has 1 fully saturated rings. The van der Waals surface area contributed by atoms with Gasteiger partial charge in [0, 0.05) is 18.5 Å². The summed E-state index contributed by atoms with van der Waals surface area (Å²) in [4.78, 5) is 18.8. The number of likely N-dealkylation sites (tertiary alicyclic amines) is 1. The molecule has 3 heterocycles. The molecule has 0 spiro atoms. The van der Waals surface area contributed by atoms with Gasteiger partial charge in [0.05, 0.1) is 25.4 Å². The van der Waals surface area contributed by atoms with Gasteiger partial charge in [-0.25, -0.2) is 4.68 Å². The van der Waals surface area contributed by atoms with Crippen molar-refractivity contribution in [1.29, 1.82) is 0 Å². The quantitative estimate of drug-likeness (QED) is 0.488. The maximum Gasteiger partial charge on any atom is 0.280 e. The standard InChI is InChI=1S/C24H22N6O3/c31-10-9-30-21(32)12-16-11-19-17(22(16)30)7-4-8-18(19)23-25-24(33-27-23)20-14-29(28-26-20)13-15-5-2-1-3-6-15/h1-8,14,16,22,31H,9-13H2. The zero-order valence-corrected chi connectivity index (χ0v) is 17.8. The zero-order chi connectivity index (χ0) is 22.4. The van der Waals surface area contributed by atoms with E-state index in [9.17, 15) is 9.90 Å². The lowest BCUT2D eigenvalue weighted by molar-refractivity contribution is -0.129. The first kappa shape index (κ1) is 19.8. The van der Waals surface area contributed by atoms with Gasteiger partial charge in [-0.1, -0.05) is 58.9 Å². The summed E-state index contributed by atoms with van der Waals surface area (Å²) in [7, 11) is 0. The van der Waals surface area contributed by atoms with Crippen molar-refractivity contribution in [3.63, 3.8) is 0 Å². The highest BCUT2D eigenvalue weighted by atomic mass is 16.5. The van der Waals surface area contributed by atoms with Crippen molar-refractivity contribution in [1.82, 2.24) is 30.0 Å². The number of β-amino-alcohol motifs (C(OH)–C–C–N with tert-alkyl or cyclic N) is 1. The number of fused-ring (bicyclic) bond motifs is 3. The Morgan fingerprint density at radius 2 is 1.97 bits per heavy atom. The SMILES string of the molecule is O=C1CC2Cc3c(-c4noc(-c5cn(Cc6ccccc6)nn5)n4)cccc3C2N1CCO. The Hall–Kier alpha value is -3.85. The molecule has 2 aromatic carbocycles. The van der Waals surface area contributed by atoms with Crippen molar-refractivity contribution in [3.8, 4) is 23.0 Å². The third-order valence-electron chi connectivity index (χ3n) is 6.49. The van der Waals surface area contributed by atoms with Crippen LogP contribution in [0.15, 0.2) is 59.3 Å². The number of rotatable bonds is 6. The molecule has 166 valence electrons. The number of carbonyl (C=O) groups is 1. The van der Waals surface area contributed by atoms with Gasteiger partial charge in [-0.15, -0.1) is 5.10 Å². The fraction of sp³-hybridized carbons (Fsp3) is 0.292. The second kappa shape index (κ2) is 7.93. The summed E-state index contributed by atoms with van der Waals surface area (Å²) in [5.74, 6) is 1.14. The Labute approximate surface area is 189 Å². The second-order valence-corrected chi connectivity index (χ2v) is 8.51. The molecule has 0 radical (unpaired) electrons. The number of hydrogen-bond donors (Lipinski definition) is 1. The number of hydrogen-bond acceptors (Lipinski definition) is 7. The Morgan fingerprint density at radius 1 is 1.09 bits per heavy atom. The van der Waals surface area contributed by atoms with E-state index in [2.05, 4.69) is 26.5 Å². The molecule has 1 N–H and O–H groups in total. The zero-order valence-electron chi connectivity index (χ0n) is 17.8. The van der Waals surface area contributed by atoms with Crippen LogP contribution in [0.4, 0.5) is 0 Å². The number of aliphatic hydroxyl groups excluding tert-OH is 1. The van der Waals surface area contributed by atoms with E-state index in [0.717, 1.165) is 28.7 Å². The van der Waals surface area contributed by atoms with Crippen LogP contribution in [0, 0.1) is 5.92 Å². The van der Waals surface area contributed by atoms with Crippen LogP contribution in [0.1, 0.15) is 29.2 Å². The fourth-order valence-electron chi connectivity index (χ4n) is 5.10. The molecule has 1 aliphatic carbocycles. The first-order valence-corrected chi connectivity index (χ1v) is 11.0. The molecule has 1 saturated heterocycles. The van der Waals surface area contributed by atoms with Crippen molar-refractivity contribution in [3.05, 3.63) is 71.4 Å². The minimum absolute atomic E-state index is 0.00357. The molecular weight excluding hydrogens is 420 g/mol. The van der Waals surface area contributed by atoms with Gasteiger partial charge >= 0.3 is 0 Å². The van der Waals surface area contributed by atoms with Gasteiger partial charge in [0.25, 0.3) is 5.89 Å². The van der Waals surface area contributed by atoms with Gasteiger partial charge in [-0.3, -0.25) is 4.79 Å². The van der Waals surface area contributed by atoms with Crippen molar-refractivity contribution in [2.45, 2.75) is 25.4 Å². The summed E-state index contributed by atoms with van der Waals surface area (Å²) in [5, 5.41) is 22.0. The van der Waals surface area contributed by atoms with E-state index in [0.29, 0.717) is 36.9 Å². The Balaban J connectivity index is 1.28. The first-order chi connectivity index (χ1) is 16.2. The maximum absolute atomic E-state index is 12.4. The van der Waals surface area contributed by atoms with Crippen molar-refractivity contribution in [2.75, 3.05) is 13.2 Å². The molecule has 9 heteroatoms. The number of benzene rings is 2. The largest absolute Gasteiger partial charge is 0.395 e. The predicted molar refractivity (Wildman–Crippen MR) is 118 cm³/mol. The van der Waals surface area contributed by atoms with Crippen LogP contribution in [0.2, 0.25) is 0 Å². The normalized spacial score (nSPS) is 19.2. The third-order valence-corrected chi connectivity index (χ3v) is 6.49. The molecule has 2 atom stereocenters. The first-order valence-electron chi connectivity index (χ1n) is 11.0. The Kier molecular flexibility index (Phi) is 4.76. The molecule has 1 amide bonds. The van der Waals surface area contributed by atoms with Crippen molar-refractivity contribution < 1.29 is 14.4 Å². The van der Waals surface area contributed by atoms with Crippen LogP contribution in [0.5, 0.6) is 0 Å². The van der Waals surface area contributed by atoms with E-state index in [1.165, 1.54) is 0 Å². The van der Waals surface area contributed by atoms with Crippen LogP contribution in [-0.2, 0) is 17.8 Å². The van der Waals surface area contributed by atoms with Gasteiger partial charge in [0.2, 0.25) is 11.7 Å². The monoisotopic (exact) mass is 442 g/mol. The van der Waals surface area contributed by atoms with Crippen LogP contribution in [0.25, 0.3) is 23.0 Å². The molecule has 1 aliphatic heterocycles. The minimum atomic E-state index is -0.0386. The molecule has 6 rings (SSSR count).